The molecule has 4 nitrogen and oxygen atoms in total. The lowest BCUT2D eigenvalue weighted by Crippen LogP contribution is -2.10. The van der Waals surface area contributed by atoms with Gasteiger partial charge in [-0.3, -0.25) is 0 Å². The Morgan fingerprint density at radius 1 is 1.24 bits per heavy atom. The maximum atomic E-state index is 5.63. The van der Waals surface area contributed by atoms with E-state index in [0.717, 1.165) is 24.1 Å². The summed E-state index contributed by atoms with van der Waals surface area (Å²) in [6.45, 7) is 4.97. The van der Waals surface area contributed by atoms with Crippen LogP contribution in [0.15, 0.2) is 22.6 Å². The molecule has 2 rings (SSSR count). The molecule has 4 heteroatoms. The lowest BCUT2D eigenvalue weighted by molar-refractivity contribution is 0.500. The van der Waals surface area contributed by atoms with Gasteiger partial charge in [0.25, 0.3) is 0 Å². The minimum absolute atomic E-state index is 0.605. The van der Waals surface area contributed by atoms with E-state index in [1.54, 1.807) is 0 Å². The van der Waals surface area contributed by atoms with Crippen LogP contribution in [0, 0.1) is 13.8 Å². The summed E-state index contributed by atoms with van der Waals surface area (Å²) >= 11 is 0. The van der Waals surface area contributed by atoms with Gasteiger partial charge in [-0.25, -0.2) is 0 Å². The Morgan fingerprint density at radius 2 is 2.06 bits per heavy atom. The molecule has 0 saturated carbocycles. The first-order chi connectivity index (χ1) is 8.20. The largest absolute Gasteiger partial charge is 0.421 e. The molecule has 0 aliphatic carbocycles. The third kappa shape index (κ3) is 2.71. The topological polar surface area (TPSA) is 51.0 Å². The first kappa shape index (κ1) is 11.8. The Hall–Kier alpha value is -1.68. The summed E-state index contributed by atoms with van der Waals surface area (Å²) in [5.41, 5.74) is 3.41. The molecule has 1 aromatic heterocycles. The number of nitrogens with one attached hydrogen (secondary N) is 1. The van der Waals surface area contributed by atoms with Crippen LogP contribution >= 0.6 is 0 Å². The van der Waals surface area contributed by atoms with E-state index in [2.05, 4.69) is 41.5 Å². The Balaban J connectivity index is 2.24. The predicted molar refractivity (Wildman–Crippen MR) is 66.8 cm³/mol. The number of rotatable bonds is 4. The van der Waals surface area contributed by atoms with Crippen molar-refractivity contribution in [3.63, 3.8) is 0 Å². The maximum absolute atomic E-state index is 5.63. The summed E-state index contributed by atoms with van der Waals surface area (Å²) < 4.78 is 5.63. The van der Waals surface area contributed by atoms with Crippen molar-refractivity contribution in [3.05, 3.63) is 35.2 Å². The van der Waals surface area contributed by atoms with Crippen molar-refractivity contribution >= 4 is 0 Å². The van der Waals surface area contributed by atoms with Gasteiger partial charge < -0.3 is 9.73 Å². The van der Waals surface area contributed by atoms with Gasteiger partial charge in [-0.2, -0.15) is 0 Å². The molecule has 0 unspecified atom stereocenters. The SMILES string of the molecule is CNCCc1nnc(-c2ccc(C)cc2C)o1. The van der Waals surface area contributed by atoms with Gasteiger partial charge in [-0.1, -0.05) is 17.7 Å². The molecule has 0 atom stereocenters. The highest BCUT2D eigenvalue weighted by atomic mass is 16.4. The molecule has 0 aliphatic rings. The lowest BCUT2D eigenvalue weighted by Gasteiger charge is -2.01. The van der Waals surface area contributed by atoms with Gasteiger partial charge in [-0.05, 0) is 32.5 Å². The van der Waals surface area contributed by atoms with Gasteiger partial charge in [0.05, 0.1) is 0 Å². The fourth-order valence-electron chi connectivity index (χ4n) is 1.75. The van der Waals surface area contributed by atoms with Crippen LogP contribution in [-0.4, -0.2) is 23.8 Å². The van der Waals surface area contributed by atoms with Crippen LogP contribution in [0.2, 0.25) is 0 Å². The van der Waals surface area contributed by atoms with Gasteiger partial charge in [-0.15, -0.1) is 10.2 Å². The average molecular weight is 231 g/mol. The molecule has 0 amide bonds. The summed E-state index contributed by atoms with van der Waals surface area (Å²) in [5.74, 6) is 1.28. The van der Waals surface area contributed by atoms with Gasteiger partial charge in [0.2, 0.25) is 11.8 Å². The van der Waals surface area contributed by atoms with Crippen molar-refractivity contribution < 1.29 is 4.42 Å². The van der Waals surface area contributed by atoms with Crippen molar-refractivity contribution in [2.24, 2.45) is 0 Å². The number of aromatic nitrogens is 2. The van der Waals surface area contributed by atoms with Crippen LogP contribution in [0.1, 0.15) is 17.0 Å². The second-order valence-electron chi connectivity index (χ2n) is 4.17. The fraction of sp³-hybridized carbons (Fsp3) is 0.385. The number of aryl methyl sites for hydroxylation is 2. The highest BCUT2D eigenvalue weighted by Crippen LogP contribution is 2.22. The first-order valence-electron chi connectivity index (χ1n) is 5.75. The Morgan fingerprint density at radius 3 is 2.76 bits per heavy atom. The molecule has 0 spiro atoms. The van der Waals surface area contributed by atoms with E-state index >= 15 is 0 Å². The van der Waals surface area contributed by atoms with Gasteiger partial charge in [0.1, 0.15) is 0 Å². The second-order valence-corrected chi connectivity index (χ2v) is 4.17. The molecule has 17 heavy (non-hydrogen) atoms. The average Bonchev–Trinajstić information content (AvgIpc) is 2.75. The first-order valence-corrected chi connectivity index (χ1v) is 5.75. The summed E-state index contributed by atoms with van der Waals surface area (Å²) in [7, 11) is 1.90. The van der Waals surface area contributed by atoms with E-state index in [4.69, 9.17) is 4.42 Å². The standard InChI is InChI=1S/C13H17N3O/c1-9-4-5-11(10(2)8-9)13-16-15-12(17-13)6-7-14-3/h4-5,8,14H,6-7H2,1-3H3. The lowest BCUT2D eigenvalue weighted by atomic mass is 10.1. The quantitative estimate of drug-likeness (QED) is 0.875. The number of nitrogens with zero attached hydrogens (tertiary/aromatic N) is 2. The van der Waals surface area contributed by atoms with E-state index < -0.39 is 0 Å². The Labute approximate surface area is 101 Å². The molecule has 0 saturated heterocycles. The highest BCUT2D eigenvalue weighted by molar-refractivity contribution is 5.58. The minimum atomic E-state index is 0.605. The molecular formula is C13H17N3O. The van der Waals surface area contributed by atoms with Crippen molar-refractivity contribution in [1.82, 2.24) is 15.5 Å². The van der Waals surface area contributed by atoms with Crippen molar-refractivity contribution in [2.45, 2.75) is 20.3 Å². The van der Waals surface area contributed by atoms with E-state index in [1.807, 2.05) is 13.1 Å². The summed E-state index contributed by atoms with van der Waals surface area (Å²) in [6, 6.07) is 6.20. The van der Waals surface area contributed by atoms with E-state index in [1.165, 1.54) is 5.56 Å². The van der Waals surface area contributed by atoms with Gasteiger partial charge in [0.15, 0.2) is 0 Å². The molecule has 2 aromatic rings. The van der Waals surface area contributed by atoms with Crippen LogP contribution in [0.3, 0.4) is 0 Å². The summed E-state index contributed by atoms with van der Waals surface area (Å²) in [5, 5.41) is 11.2. The molecule has 0 radical (unpaired) electrons. The number of hydrogen-bond donors (Lipinski definition) is 1. The zero-order valence-corrected chi connectivity index (χ0v) is 10.4. The number of likely N-dealkylation sites (N-methyl/N-ethyl adjacent to an activating group) is 1. The number of hydrogen-bond acceptors (Lipinski definition) is 4. The molecule has 1 aromatic carbocycles. The van der Waals surface area contributed by atoms with Crippen LogP contribution in [-0.2, 0) is 6.42 Å². The Bertz CT molecular complexity index is 505. The summed E-state index contributed by atoms with van der Waals surface area (Å²) in [4.78, 5) is 0. The van der Waals surface area contributed by atoms with Crippen LogP contribution < -0.4 is 5.32 Å². The zero-order chi connectivity index (χ0) is 12.3. The van der Waals surface area contributed by atoms with Crippen molar-refractivity contribution in [2.75, 3.05) is 13.6 Å². The minimum Gasteiger partial charge on any atom is -0.421 e. The molecule has 0 fully saturated rings. The normalized spacial score (nSPS) is 10.8. The zero-order valence-electron chi connectivity index (χ0n) is 10.4. The number of benzene rings is 1. The fourth-order valence-corrected chi connectivity index (χ4v) is 1.75. The highest BCUT2D eigenvalue weighted by Gasteiger charge is 2.10. The van der Waals surface area contributed by atoms with Crippen LogP contribution in [0.4, 0.5) is 0 Å². The molecule has 1 N–H and O–H groups in total. The van der Waals surface area contributed by atoms with Gasteiger partial charge in [0, 0.05) is 18.5 Å². The monoisotopic (exact) mass is 231 g/mol. The van der Waals surface area contributed by atoms with Crippen LogP contribution in [0.5, 0.6) is 0 Å². The van der Waals surface area contributed by atoms with Crippen LogP contribution in [0.25, 0.3) is 11.5 Å². The summed E-state index contributed by atoms with van der Waals surface area (Å²) in [6.07, 6.45) is 0.758. The van der Waals surface area contributed by atoms with Crippen molar-refractivity contribution in [1.29, 1.82) is 0 Å². The maximum Gasteiger partial charge on any atom is 0.247 e. The molecule has 0 aliphatic heterocycles. The van der Waals surface area contributed by atoms with Gasteiger partial charge >= 0.3 is 0 Å². The Kier molecular flexibility index (Phi) is 3.54. The molecule has 0 bridgehead atoms. The third-order valence-corrected chi connectivity index (χ3v) is 2.67. The molecule has 90 valence electrons. The van der Waals surface area contributed by atoms with E-state index in [-0.39, 0.29) is 0 Å². The predicted octanol–water partition coefficient (Wildman–Crippen LogP) is 2.12. The van der Waals surface area contributed by atoms with E-state index in [9.17, 15) is 0 Å². The third-order valence-electron chi connectivity index (χ3n) is 2.67. The van der Waals surface area contributed by atoms with Crippen molar-refractivity contribution in [3.8, 4) is 11.5 Å². The van der Waals surface area contributed by atoms with E-state index in [0.29, 0.717) is 11.8 Å². The second kappa shape index (κ2) is 5.10. The smallest absolute Gasteiger partial charge is 0.247 e. The molecule has 1 heterocycles. The molecular weight excluding hydrogens is 214 g/mol.